The highest BCUT2D eigenvalue weighted by molar-refractivity contribution is 5.44. The number of aliphatic hydroxyl groups excluding tert-OH is 1. The van der Waals surface area contributed by atoms with Crippen LogP contribution in [0.5, 0.6) is 5.75 Å². The minimum absolute atomic E-state index is 0.291. The number of hydrogen-bond donors (Lipinski definition) is 1. The summed E-state index contributed by atoms with van der Waals surface area (Å²) in [6.45, 7) is 4.29. The van der Waals surface area contributed by atoms with Crippen LogP contribution in [0.25, 0.3) is 0 Å². The summed E-state index contributed by atoms with van der Waals surface area (Å²) >= 11 is 0. The second kappa shape index (κ2) is 4.88. The zero-order chi connectivity index (χ0) is 11.5. The molecule has 0 aromatic heterocycles. The van der Waals surface area contributed by atoms with Crippen LogP contribution in [-0.2, 0) is 6.42 Å². The first-order valence-corrected chi connectivity index (χ1v) is 6.22. The summed E-state index contributed by atoms with van der Waals surface area (Å²) in [5.41, 5.74) is 2.27. The van der Waals surface area contributed by atoms with Crippen molar-refractivity contribution in [3.63, 3.8) is 0 Å². The molecule has 0 spiro atoms. The molecule has 0 fully saturated rings. The highest BCUT2D eigenvalue weighted by atomic mass is 16.5. The van der Waals surface area contributed by atoms with Gasteiger partial charge in [-0.25, -0.2) is 0 Å². The van der Waals surface area contributed by atoms with Crippen molar-refractivity contribution in [3.8, 4) is 5.75 Å². The predicted molar refractivity (Wildman–Crippen MR) is 64.7 cm³/mol. The number of aliphatic hydroxyl groups is 1. The second-order valence-electron chi connectivity index (χ2n) is 4.43. The molecule has 0 saturated carbocycles. The summed E-state index contributed by atoms with van der Waals surface area (Å²) in [6, 6.07) is 6.01. The topological polar surface area (TPSA) is 29.5 Å². The standard InChI is InChI=1S/C14H20O2/c1-3-10(4-2)16-14-7-5-6-11-12(14)8-9-13(11)15/h5-7,10,13,15H,3-4,8-9H2,1-2H3. The third kappa shape index (κ3) is 2.07. The molecule has 1 aromatic carbocycles. The molecule has 1 aliphatic carbocycles. The molecule has 1 aliphatic rings. The van der Waals surface area contributed by atoms with Crippen molar-refractivity contribution in [1.82, 2.24) is 0 Å². The molecule has 1 unspecified atom stereocenters. The van der Waals surface area contributed by atoms with Crippen LogP contribution in [0.3, 0.4) is 0 Å². The van der Waals surface area contributed by atoms with E-state index in [0.717, 1.165) is 37.0 Å². The second-order valence-corrected chi connectivity index (χ2v) is 4.43. The van der Waals surface area contributed by atoms with Gasteiger partial charge in [0.25, 0.3) is 0 Å². The third-order valence-electron chi connectivity index (χ3n) is 3.40. The lowest BCUT2D eigenvalue weighted by atomic mass is 10.1. The van der Waals surface area contributed by atoms with E-state index in [9.17, 15) is 5.11 Å². The molecule has 2 rings (SSSR count). The molecule has 0 amide bonds. The average molecular weight is 220 g/mol. The van der Waals surface area contributed by atoms with Gasteiger partial charge in [0.2, 0.25) is 0 Å². The van der Waals surface area contributed by atoms with Crippen molar-refractivity contribution in [2.45, 2.75) is 51.7 Å². The first-order chi connectivity index (χ1) is 7.76. The number of ether oxygens (including phenoxy) is 1. The van der Waals surface area contributed by atoms with E-state index in [1.807, 2.05) is 18.2 Å². The van der Waals surface area contributed by atoms with Gasteiger partial charge in [-0.1, -0.05) is 26.0 Å². The minimum Gasteiger partial charge on any atom is -0.490 e. The van der Waals surface area contributed by atoms with Crippen molar-refractivity contribution >= 4 is 0 Å². The Morgan fingerprint density at radius 3 is 2.81 bits per heavy atom. The Hall–Kier alpha value is -1.02. The fourth-order valence-corrected chi connectivity index (χ4v) is 2.34. The van der Waals surface area contributed by atoms with Crippen LogP contribution in [0.15, 0.2) is 18.2 Å². The molecule has 0 heterocycles. The van der Waals surface area contributed by atoms with Crippen LogP contribution in [0, 0.1) is 0 Å². The van der Waals surface area contributed by atoms with E-state index in [2.05, 4.69) is 13.8 Å². The number of hydrogen-bond acceptors (Lipinski definition) is 2. The summed E-state index contributed by atoms with van der Waals surface area (Å²) in [4.78, 5) is 0. The summed E-state index contributed by atoms with van der Waals surface area (Å²) in [6.07, 6.45) is 3.83. The van der Waals surface area contributed by atoms with E-state index in [-0.39, 0.29) is 6.10 Å². The fraction of sp³-hybridized carbons (Fsp3) is 0.571. The van der Waals surface area contributed by atoms with E-state index in [1.165, 1.54) is 5.56 Å². The number of benzene rings is 1. The van der Waals surface area contributed by atoms with Gasteiger partial charge in [-0.15, -0.1) is 0 Å². The minimum atomic E-state index is -0.291. The SMILES string of the molecule is CCC(CC)Oc1cccc2c1CCC2O. The molecule has 0 radical (unpaired) electrons. The first kappa shape index (κ1) is 11.5. The van der Waals surface area contributed by atoms with Gasteiger partial charge >= 0.3 is 0 Å². The quantitative estimate of drug-likeness (QED) is 0.844. The Morgan fingerprint density at radius 2 is 2.12 bits per heavy atom. The van der Waals surface area contributed by atoms with Crippen LogP contribution < -0.4 is 4.74 Å². The van der Waals surface area contributed by atoms with Gasteiger partial charge in [0.1, 0.15) is 5.75 Å². The molecule has 1 aromatic rings. The third-order valence-corrected chi connectivity index (χ3v) is 3.40. The maximum absolute atomic E-state index is 9.80. The molecule has 0 bridgehead atoms. The zero-order valence-electron chi connectivity index (χ0n) is 10.1. The maximum atomic E-state index is 9.80. The van der Waals surface area contributed by atoms with Gasteiger partial charge in [-0.05, 0) is 37.3 Å². The van der Waals surface area contributed by atoms with Crippen molar-refractivity contribution < 1.29 is 9.84 Å². The smallest absolute Gasteiger partial charge is 0.123 e. The molecular formula is C14H20O2. The molecule has 88 valence electrons. The highest BCUT2D eigenvalue weighted by Crippen LogP contribution is 2.37. The summed E-state index contributed by atoms with van der Waals surface area (Å²) in [5, 5.41) is 9.80. The van der Waals surface area contributed by atoms with E-state index in [0.29, 0.717) is 6.10 Å². The monoisotopic (exact) mass is 220 g/mol. The number of rotatable bonds is 4. The van der Waals surface area contributed by atoms with Crippen molar-refractivity contribution in [3.05, 3.63) is 29.3 Å². The molecule has 1 N–H and O–H groups in total. The average Bonchev–Trinajstić information content (AvgIpc) is 2.69. The van der Waals surface area contributed by atoms with Crippen LogP contribution in [-0.4, -0.2) is 11.2 Å². The van der Waals surface area contributed by atoms with Crippen LogP contribution in [0.4, 0.5) is 0 Å². The van der Waals surface area contributed by atoms with Gasteiger partial charge in [-0.3, -0.25) is 0 Å². The predicted octanol–water partition coefficient (Wildman–Crippen LogP) is 3.23. The molecule has 0 saturated heterocycles. The van der Waals surface area contributed by atoms with Gasteiger partial charge in [0, 0.05) is 5.56 Å². The van der Waals surface area contributed by atoms with E-state index >= 15 is 0 Å². The Morgan fingerprint density at radius 1 is 1.38 bits per heavy atom. The van der Waals surface area contributed by atoms with Crippen molar-refractivity contribution in [1.29, 1.82) is 0 Å². The molecule has 16 heavy (non-hydrogen) atoms. The Balaban J connectivity index is 2.22. The van der Waals surface area contributed by atoms with Crippen LogP contribution in [0.2, 0.25) is 0 Å². The molecule has 2 heteroatoms. The van der Waals surface area contributed by atoms with Gasteiger partial charge in [0.15, 0.2) is 0 Å². The van der Waals surface area contributed by atoms with Crippen LogP contribution in [0.1, 0.15) is 50.3 Å². The lowest BCUT2D eigenvalue weighted by molar-refractivity contribution is 0.179. The number of fused-ring (bicyclic) bond motifs is 1. The van der Waals surface area contributed by atoms with E-state index < -0.39 is 0 Å². The summed E-state index contributed by atoms with van der Waals surface area (Å²) in [5.74, 6) is 0.975. The van der Waals surface area contributed by atoms with Crippen molar-refractivity contribution in [2.75, 3.05) is 0 Å². The van der Waals surface area contributed by atoms with E-state index in [1.54, 1.807) is 0 Å². The maximum Gasteiger partial charge on any atom is 0.123 e. The van der Waals surface area contributed by atoms with Crippen LogP contribution >= 0.6 is 0 Å². The first-order valence-electron chi connectivity index (χ1n) is 6.22. The van der Waals surface area contributed by atoms with Gasteiger partial charge < -0.3 is 9.84 Å². The normalized spacial score (nSPS) is 18.9. The zero-order valence-corrected chi connectivity index (χ0v) is 10.1. The fourth-order valence-electron chi connectivity index (χ4n) is 2.34. The Bertz CT molecular complexity index is 356. The lowest BCUT2D eigenvalue weighted by Crippen LogP contribution is -2.14. The van der Waals surface area contributed by atoms with Crippen molar-refractivity contribution in [2.24, 2.45) is 0 Å². The largest absolute Gasteiger partial charge is 0.490 e. The van der Waals surface area contributed by atoms with Gasteiger partial charge in [0.05, 0.1) is 12.2 Å². The molecular weight excluding hydrogens is 200 g/mol. The van der Waals surface area contributed by atoms with Gasteiger partial charge in [-0.2, -0.15) is 0 Å². The molecule has 2 nitrogen and oxygen atoms in total. The lowest BCUT2D eigenvalue weighted by Gasteiger charge is -2.18. The summed E-state index contributed by atoms with van der Waals surface area (Å²) in [7, 11) is 0. The summed E-state index contributed by atoms with van der Waals surface area (Å²) < 4.78 is 5.99. The molecule has 1 atom stereocenters. The highest BCUT2D eigenvalue weighted by Gasteiger charge is 2.23. The Kier molecular flexibility index (Phi) is 3.49. The Labute approximate surface area is 97.3 Å². The van der Waals surface area contributed by atoms with E-state index in [4.69, 9.17) is 4.74 Å². The molecule has 0 aliphatic heterocycles.